The van der Waals surface area contributed by atoms with E-state index < -0.39 is 21.7 Å². The molecule has 0 aromatic heterocycles. The number of hydrogen-bond donors (Lipinski definition) is 2. The molecule has 27 heavy (non-hydrogen) atoms. The smallest absolute Gasteiger partial charge is 0.262 e. The lowest BCUT2D eigenvalue weighted by Gasteiger charge is -2.10. The minimum Gasteiger partial charge on any atom is -0.322 e. The SMILES string of the molecule is O=C(Nc1cccc(Br)c1)c1cccc(S(=O)(=O)Nc2ccccc2F)c1. The summed E-state index contributed by atoms with van der Waals surface area (Å²) in [6, 6.07) is 18.0. The van der Waals surface area contributed by atoms with E-state index in [1.165, 1.54) is 42.5 Å². The third-order valence-electron chi connectivity index (χ3n) is 3.61. The largest absolute Gasteiger partial charge is 0.322 e. The fourth-order valence-electron chi connectivity index (χ4n) is 2.32. The Balaban J connectivity index is 1.84. The van der Waals surface area contributed by atoms with Crippen molar-refractivity contribution in [2.24, 2.45) is 0 Å². The van der Waals surface area contributed by atoms with E-state index >= 15 is 0 Å². The molecule has 0 aliphatic carbocycles. The van der Waals surface area contributed by atoms with Gasteiger partial charge in [0.25, 0.3) is 15.9 Å². The highest BCUT2D eigenvalue weighted by atomic mass is 79.9. The zero-order valence-corrected chi connectivity index (χ0v) is 16.2. The predicted octanol–water partition coefficient (Wildman–Crippen LogP) is 4.64. The van der Waals surface area contributed by atoms with Crippen molar-refractivity contribution in [3.63, 3.8) is 0 Å². The predicted molar refractivity (Wildman–Crippen MR) is 106 cm³/mol. The highest BCUT2D eigenvalue weighted by Gasteiger charge is 2.18. The molecule has 0 bridgehead atoms. The fourth-order valence-corrected chi connectivity index (χ4v) is 3.83. The summed E-state index contributed by atoms with van der Waals surface area (Å²) >= 11 is 3.31. The number of anilines is 2. The van der Waals surface area contributed by atoms with Crippen LogP contribution in [0, 0.1) is 5.82 Å². The van der Waals surface area contributed by atoms with Crippen molar-refractivity contribution in [3.05, 3.63) is 88.6 Å². The van der Waals surface area contributed by atoms with Crippen molar-refractivity contribution in [2.45, 2.75) is 4.90 Å². The number of benzene rings is 3. The summed E-state index contributed by atoms with van der Waals surface area (Å²) in [7, 11) is -4.05. The Morgan fingerprint density at radius 2 is 1.67 bits per heavy atom. The molecule has 8 heteroatoms. The van der Waals surface area contributed by atoms with Crippen molar-refractivity contribution < 1.29 is 17.6 Å². The Labute approximate surface area is 164 Å². The molecule has 0 spiro atoms. The van der Waals surface area contributed by atoms with E-state index in [-0.39, 0.29) is 16.1 Å². The van der Waals surface area contributed by atoms with E-state index in [4.69, 9.17) is 0 Å². The lowest BCUT2D eigenvalue weighted by atomic mass is 10.2. The average molecular weight is 449 g/mol. The zero-order valence-electron chi connectivity index (χ0n) is 13.8. The number of rotatable bonds is 5. The summed E-state index contributed by atoms with van der Waals surface area (Å²) in [5.74, 6) is -1.15. The van der Waals surface area contributed by atoms with Crippen LogP contribution >= 0.6 is 15.9 Å². The van der Waals surface area contributed by atoms with Gasteiger partial charge in [-0.25, -0.2) is 12.8 Å². The normalized spacial score (nSPS) is 11.0. The molecular weight excluding hydrogens is 435 g/mol. The molecule has 3 aromatic rings. The molecule has 0 unspecified atom stereocenters. The van der Waals surface area contributed by atoms with Gasteiger partial charge >= 0.3 is 0 Å². The molecule has 0 saturated heterocycles. The average Bonchev–Trinajstić information content (AvgIpc) is 2.64. The van der Waals surface area contributed by atoms with Gasteiger partial charge in [-0.3, -0.25) is 9.52 Å². The van der Waals surface area contributed by atoms with E-state index in [1.807, 2.05) is 6.07 Å². The number of nitrogens with one attached hydrogen (secondary N) is 2. The molecule has 0 aliphatic heterocycles. The summed E-state index contributed by atoms with van der Waals surface area (Å²) in [6.45, 7) is 0. The lowest BCUT2D eigenvalue weighted by Crippen LogP contribution is -2.16. The molecule has 0 aliphatic rings. The van der Waals surface area contributed by atoms with Crippen molar-refractivity contribution >= 4 is 43.2 Å². The van der Waals surface area contributed by atoms with Crippen molar-refractivity contribution in [1.82, 2.24) is 0 Å². The highest BCUT2D eigenvalue weighted by Crippen LogP contribution is 2.21. The van der Waals surface area contributed by atoms with Gasteiger partial charge in [0.2, 0.25) is 0 Å². The van der Waals surface area contributed by atoms with Crippen LogP contribution in [-0.2, 0) is 10.0 Å². The minimum absolute atomic E-state index is 0.146. The number of carbonyl (C=O) groups is 1. The topological polar surface area (TPSA) is 75.3 Å². The Hall–Kier alpha value is -2.71. The first-order chi connectivity index (χ1) is 12.8. The second-order valence-corrected chi connectivity index (χ2v) is 8.18. The van der Waals surface area contributed by atoms with Crippen LogP contribution < -0.4 is 10.0 Å². The summed E-state index contributed by atoms with van der Waals surface area (Å²) in [5.41, 5.74) is 0.556. The van der Waals surface area contributed by atoms with E-state index in [0.29, 0.717) is 5.69 Å². The van der Waals surface area contributed by atoms with Gasteiger partial charge in [-0.2, -0.15) is 0 Å². The number of amides is 1. The second-order valence-electron chi connectivity index (χ2n) is 5.58. The van der Waals surface area contributed by atoms with Gasteiger partial charge in [0.15, 0.2) is 0 Å². The molecule has 5 nitrogen and oxygen atoms in total. The molecule has 0 radical (unpaired) electrons. The Morgan fingerprint density at radius 1 is 0.926 bits per heavy atom. The molecule has 0 atom stereocenters. The van der Waals surface area contributed by atoms with E-state index in [0.717, 1.165) is 10.5 Å². The standard InChI is InChI=1S/C19H14BrFN2O3S/c20-14-6-4-7-15(12-14)22-19(24)13-5-3-8-16(11-13)27(25,26)23-18-10-2-1-9-17(18)21/h1-12,23H,(H,22,24). The van der Waals surface area contributed by atoms with Crippen molar-refractivity contribution in [2.75, 3.05) is 10.0 Å². The zero-order chi connectivity index (χ0) is 19.4. The Morgan fingerprint density at radius 3 is 2.41 bits per heavy atom. The van der Waals surface area contributed by atoms with Crippen molar-refractivity contribution in [3.8, 4) is 0 Å². The molecule has 2 N–H and O–H groups in total. The minimum atomic E-state index is -4.05. The van der Waals surface area contributed by atoms with Crippen LogP contribution in [0.5, 0.6) is 0 Å². The number of hydrogen-bond acceptors (Lipinski definition) is 3. The summed E-state index contributed by atoms with van der Waals surface area (Å²) < 4.78 is 41.7. The van der Waals surface area contributed by atoms with Crippen LogP contribution in [-0.4, -0.2) is 14.3 Å². The van der Waals surface area contributed by atoms with Gasteiger partial charge in [0, 0.05) is 15.7 Å². The van der Waals surface area contributed by atoms with Gasteiger partial charge in [-0.05, 0) is 48.5 Å². The van der Waals surface area contributed by atoms with E-state index in [9.17, 15) is 17.6 Å². The highest BCUT2D eigenvalue weighted by molar-refractivity contribution is 9.10. The van der Waals surface area contributed by atoms with Gasteiger partial charge in [-0.1, -0.05) is 40.2 Å². The monoisotopic (exact) mass is 448 g/mol. The number of carbonyl (C=O) groups excluding carboxylic acids is 1. The summed E-state index contributed by atoms with van der Waals surface area (Å²) in [4.78, 5) is 12.3. The van der Waals surface area contributed by atoms with Gasteiger partial charge < -0.3 is 5.32 Å². The number of sulfonamides is 1. The maximum absolute atomic E-state index is 13.7. The molecule has 3 rings (SSSR count). The van der Waals surface area contributed by atoms with E-state index in [1.54, 1.807) is 18.2 Å². The van der Waals surface area contributed by atoms with Crippen LogP contribution in [0.25, 0.3) is 0 Å². The second kappa shape index (κ2) is 7.89. The molecular formula is C19H14BrFN2O3S. The fraction of sp³-hybridized carbons (Fsp3) is 0. The van der Waals surface area contributed by atoms with Crippen LogP contribution in [0.1, 0.15) is 10.4 Å². The Bertz CT molecular complexity index is 1100. The maximum Gasteiger partial charge on any atom is 0.262 e. The van der Waals surface area contributed by atoms with Gasteiger partial charge in [-0.15, -0.1) is 0 Å². The number of halogens is 2. The third kappa shape index (κ3) is 4.72. The van der Waals surface area contributed by atoms with Gasteiger partial charge in [0.1, 0.15) is 5.82 Å². The molecule has 0 heterocycles. The maximum atomic E-state index is 13.7. The third-order valence-corrected chi connectivity index (χ3v) is 5.46. The quantitative estimate of drug-likeness (QED) is 0.596. The van der Waals surface area contributed by atoms with Crippen LogP contribution in [0.4, 0.5) is 15.8 Å². The number of para-hydroxylation sites is 1. The van der Waals surface area contributed by atoms with Crippen LogP contribution in [0.2, 0.25) is 0 Å². The molecule has 3 aromatic carbocycles. The van der Waals surface area contributed by atoms with Crippen LogP contribution in [0.15, 0.2) is 82.2 Å². The summed E-state index contributed by atoms with van der Waals surface area (Å²) in [5, 5.41) is 2.69. The van der Waals surface area contributed by atoms with Crippen LogP contribution in [0.3, 0.4) is 0 Å². The van der Waals surface area contributed by atoms with Crippen molar-refractivity contribution in [1.29, 1.82) is 0 Å². The first-order valence-corrected chi connectivity index (χ1v) is 10.1. The van der Waals surface area contributed by atoms with Gasteiger partial charge in [0.05, 0.1) is 10.6 Å². The molecule has 0 fully saturated rings. The first kappa shape index (κ1) is 19.1. The lowest BCUT2D eigenvalue weighted by molar-refractivity contribution is 0.102. The Kier molecular flexibility index (Phi) is 5.57. The first-order valence-electron chi connectivity index (χ1n) is 7.79. The summed E-state index contributed by atoms with van der Waals surface area (Å²) in [6.07, 6.45) is 0. The molecule has 138 valence electrons. The molecule has 1 amide bonds. The van der Waals surface area contributed by atoms with E-state index in [2.05, 4.69) is 26.0 Å². The molecule has 0 saturated carbocycles.